The molecule has 7 heteroatoms. The molecule has 0 radical (unpaired) electrons. The van der Waals surface area contributed by atoms with E-state index in [0.29, 0.717) is 0 Å². The van der Waals surface area contributed by atoms with Crippen molar-refractivity contribution < 1.29 is 27.8 Å². The molecule has 1 rings (SSSR count). The molecule has 0 heterocycles. The summed E-state index contributed by atoms with van der Waals surface area (Å²) in [5, 5.41) is 8.96. The van der Waals surface area contributed by atoms with Crippen molar-refractivity contribution in [2.45, 2.75) is 12.2 Å². The fourth-order valence-corrected chi connectivity index (χ4v) is 1.60. The van der Waals surface area contributed by atoms with Crippen molar-refractivity contribution in [3.8, 4) is 11.5 Å². The average Bonchev–Trinajstić information content (AvgIpc) is 2.34. The van der Waals surface area contributed by atoms with Crippen LogP contribution in [-0.2, 0) is 6.18 Å². The van der Waals surface area contributed by atoms with Gasteiger partial charge in [-0.2, -0.15) is 13.2 Å². The van der Waals surface area contributed by atoms with Crippen LogP contribution in [0.15, 0.2) is 12.1 Å². The van der Waals surface area contributed by atoms with Gasteiger partial charge in [-0.3, -0.25) is 0 Å². The number of benzene rings is 1. The summed E-state index contributed by atoms with van der Waals surface area (Å²) in [5.41, 5.74) is 4.89. The summed E-state index contributed by atoms with van der Waals surface area (Å²) < 4.78 is 47.9. The van der Waals surface area contributed by atoms with Crippen molar-refractivity contribution in [3.05, 3.63) is 23.3 Å². The van der Waals surface area contributed by atoms with Crippen LogP contribution >= 0.6 is 0 Å². The zero-order chi connectivity index (χ0) is 13.9. The molecule has 1 aromatic carbocycles. The van der Waals surface area contributed by atoms with E-state index in [1.54, 1.807) is 0 Å². The van der Waals surface area contributed by atoms with Crippen molar-refractivity contribution in [3.63, 3.8) is 0 Å². The third kappa shape index (κ3) is 2.68. The van der Waals surface area contributed by atoms with Crippen molar-refractivity contribution >= 4 is 0 Å². The molecule has 3 N–H and O–H groups in total. The number of halogens is 3. The number of methoxy groups -OCH3 is 2. The Labute approximate surface area is 102 Å². The average molecular weight is 265 g/mol. The predicted octanol–water partition coefficient (Wildman–Crippen LogP) is 1.71. The van der Waals surface area contributed by atoms with Gasteiger partial charge in [0.05, 0.1) is 26.9 Å². The van der Waals surface area contributed by atoms with Gasteiger partial charge in [-0.1, -0.05) is 6.07 Å². The first-order valence-corrected chi connectivity index (χ1v) is 5.05. The highest BCUT2D eigenvalue weighted by Crippen LogP contribution is 2.44. The number of aliphatic hydroxyl groups excluding tert-OH is 1. The molecule has 102 valence electrons. The maximum absolute atomic E-state index is 12.8. The van der Waals surface area contributed by atoms with E-state index in [2.05, 4.69) is 0 Å². The molecule has 0 amide bonds. The molecule has 0 bridgehead atoms. The zero-order valence-corrected chi connectivity index (χ0v) is 9.91. The lowest BCUT2D eigenvalue weighted by Crippen LogP contribution is -2.17. The lowest BCUT2D eigenvalue weighted by molar-refractivity contribution is -0.138. The zero-order valence-electron chi connectivity index (χ0n) is 9.91. The number of alkyl halides is 3. The maximum Gasteiger partial charge on any atom is 0.420 e. The van der Waals surface area contributed by atoms with Crippen molar-refractivity contribution in [2.24, 2.45) is 5.73 Å². The van der Waals surface area contributed by atoms with Crippen molar-refractivity contribution in [1.82, 2.24) is 0 Å². The summed E-state index contributed by atoms with van der Waals surface area (Å²) in [4.78, 5) is 0. The minimum Gasteiger partial charge on any atom is -0.492 e. The maximum atomic E-state index is 12.8. The van der Waals surface area contributed by atoms with Crippen LogP contribution in [0.5, 0.6) is 11.5 Å². The molecule has 0 aliphatic heterocycles. The van der Waals surface area contributed by atoms with Gasteiger partial charge in [0.2, 0.25) is 0 Å². The Morgan fingerprint density at radius 2 is 1.78 bits per heavy atom. The van der Waals surface area contributed by atoms with E-state index in [-0.39, 0.29) is 11.3 Å². The first-order chi connectivity index (χ1) is 8.36. The minimum absolute atomic E-state index is 0.117. The topological polar surface area (TPSA) is 64.7 Å². The summed E-state index contributed by atoms with van der Waals surface area (Å²) in [6, 6.07) is 1.19. The summed E-state index contributed by atoms with van der Waals surface area (Å²) in [7, 11) is 2.33. The van der Waals surface area contributed by atoms with Gasteiger partial charge in [-0.15, -0.1) is 0 Å². The Morgan fingerprint density at radius 3 is 2.17 bits per heavy atom. The number of rotatable bonds is 4. The Bertz CT molecular complexity index is 421. The van der Waals surface area contributed by atoms with Crippen molar-refractivity contribution in [1.29, 1.82) is 0 Å². The van der Waals surface area contributed by atoms with Crippen LogP contribution in [0.1, 0.15) is 17.2 Å². The van der Waals surface area contributed by atoms with Gasteiger partial charge in [0.15, 0.2) is 11.5 Å². The summed E-state index contributed by atoms with van der Waals surface area (Å²) in [6.07, 6.45) is -4.56. The molecule has 0 saturated carbocycles. The van der Waals surface area contributed by atoms with Gasteiger partial charge in [0, 0.05) is 5.56 Å². The third-order valence-electron chi connectivity index (χ3n) is 2.45. The largest absolute Gasteiger partial charge is 0.492 e. The van der Waals surface area contributed by atoms with Crippen LogP contribution in [0.2, 0.25) is 0 Å². The van der Waals surface area contributed by atoms with E-state index < -0.39 is 30.1 Å². The standard InChI is InChI=1S/C11H14F3NO3/c1-17-9-6(8(15)5-16)3-4-7(10(9)18-2)11(12,13)14/h3-4,8,16H,5,15H2,1-2H3. The summed E-state index contributed by atoms with van der Waals surface area (Å²) in [6.45, 7) is -0.412. The highest BCUT2D eigenvalue weighted by molar-refractivity contribution is 5.54. The first kappa shape index (κ1) is 14.6. The van der Waals surface area contributed by atoms with Crippen LogP contribution in [0.3, 0.4) is 0 Å². The molecule has 0 saturated heterocycles. The second kappa shape index (κ2) is 5.45. The molecular formula is C11H14F3NO3. The van der Waals surface area contributed by atoms with Gasteiger partial charge in [-0.05, 0) is 6.07 Å². The fourth-order valence-electron chi connectivity index (χ4n) is 1.60. The van der Waals surface area contributed by atoms with Gasteiger partial charge in [-0.25, -0.2) is 0 Å². The molecule has 0 spiro atoms. The van der Waals surface area contributed by atoms with Crippen LogP contribution in [0.4, 0.5) is 13.2 Å². The number of hydrogen-bond donors (Lipinski definition) is 2. The Morgan fingerprint density at radius 1 is 1.22 bits per heavy atom. The van der Waals surface area contributed by atoms with Gasteiger partial charge < -0.3 is 20.3 Å². The monoisotopic (exact) mass is 265 g/mol. The Balaban J connectivity index is 3.46. The lowest BCUT2D eigenvalue weighted by Gasteiger charge is -2.20. The molecule has 1 aromatic rings. The third-order valence-corrected chi connectivity index (χ3v) is 2.45. The first-order valence-electron chi connectivity index (χ1n) is 5.05. The van der Waals surface area contributed by atoms with E-state index >= 15 is 0 Å². The molecule has 1 atom stereocenters. The number of nitrogens with two attached hydrogens (primary N) is 1. The number of aliphatic hydroxyl groups is 1. The second-order valence-electron chi connectivity index (χ2n) is 3.56. The van der Waals surface area contributed by atoms with Crippen LogP contribution < -0.4 is 15.2 Å². The smallest absolute Gasteiger partial charge is 0.420 e. The second-order valence-corrected chi connectivity index (χ2v) is 3.56. The van der Waals surface area contributed by atoms with Gasteiger partial charge in [0.25, 0.3) is 0 Å². The van der Waals surface area contributed by atoms with E-state index in [4.69, 9.17) is 20.3 Å². The molecule has 18 heavy (non-hydrogen) atoms. The molecule has 0 fully saturated rings. The molecule has 0 aromatic heterocycles. The lowest BCUT2D eigenvalue weighted by atomic mass is 10.0. The fraction of sp³-hybridized carbons (Fsp3) is 0.455. The predicted molar refractivity (Wildman–Crippen MR) is 58.6 cm³/mol. The van der Waals surface area contributed by atoms with E-state index in [1.165, 1.54) is 13.2 Å². The van der Waals surface area contributed by atoms with Gasteiger partial charge in [0.1, 0.15) is 5.56 Å². The summed E-state index contributed by atoms with van der Waals surface area (Å²) in [5.74, 6) is -0.555. The molecule has 1 unspecified atom stereocenters. The van der Waals surface area contributed by atoms with Crippen LogP contribution in [0, 0.1) is 0 Å². The van der Waals surface area contributed by atoms with Gasteiger partial charge >= 0.3 is 6.18 Å². The van der Waals surface area contributed by atoms with E-state index in [9.17, 15) is 13.2 Å². The van der Waals surface area contributed by atoms with E-state index in [1.807, 2.05) is 0 Å². The SMILES string of the molecule is COc1c(C(N)CO)ccc(C(F)(F)F)c1OC. The van der Waals surface area contributed by atoms with E-state index in [0.717, 1.165) is 13.2 Å². The van der Waals surface area contributed by atoms with Crippen molar-refractivity contribution in [2.75, 3.05) is 20.8 Å². The molecule has 0 aliphatic rings. The highest BCUT2D eigenvalue weighted by atomic mass is 19.4. The number of hydrogen-bond acceptors (Lipinski definition) is 4. The number of ether oxygens (including phenoxy) is 2. The minimum atomic E-state index is -4.56. The summed E-state index contributed by atoms with van der Waals surface area (Å²) >= 11 is 0. The molecule has 0 aliphatic carbocycles. The normalized spacial score (nSPS) is 13.3. The molecular weight excluding hydrogens is 251 g/mol. The van der Waals surface area contributed by atoms with Crippen LogP contribution in [0.25, 0.3) is 0 Å². The highest BCUT2D eigenvalue weighted by Gasteiger charge is 2.36. The van der Waals surface area contributed by atoms with Crippen LogP contribution in [-0.4, -0.2) is 25.9 Å². The Kier molecular flexibility index (Phi) is 4.42. The quantitative estimate of drug-likeness (QED) is 0.870. The Hall–Kier alpha value is -1.47. The molecule has 4 nitrogen and oxygen atoms in total.